The fraction of sp³-hybridized carbons (Fsp3) is 0.400. The van der Waals surface area contributed by atoms with Crippen molar-refractivity contribution in [2.45, 2.75) is 26.7 Å². The molecule has 1 aromatic carbocycles. The number of hydrogen-bond acceptors (Lipinski definition) is 6. The molecule has 0 radical (unpaired) electrons. The van der Waals surface area contributed by atoms with Crippen LogP contribution in [0.4, 0.5) is 11.4 Å². The first-order valence-corrected chi connectivity index (χ1v) is 7.02. The molecule has 0 amide bonds. The molecular formula is C15H21N5O. The highest BCUT2D eigenvalue weighted by atomic mass is 16.5. The van der Waals surface area contributed by atoms with Crippen molar-refractivity contribution >= 4 is 11.4 Å². The summed E-state index contributed by atoms with van der Waals surface area (Å²) >= 11 is 0. The number of nitrogens with two attached hydrogens (primary N) is 1. The smallest absolute Gasteiger partial charge is 0.341 e. The summed E-state index contributed by atoms with van der Waals surface area (Å²) in [6, 6.07) is 5.82. The van der Waals surface area contributed by atoms with Gasteiger partial charge in [-0.15, -0.1) is 5.10 Å². The Balaban J connectivity index is 2.31. The highest BCUT2D eigenvalue weighted by Gasteiger charge is 2.10. The van der Waals surface area contributed by atoms with Crippen LogP contribution in [0.3, 0.4) is 0 Å². The van der Waals surface area contributed by atoms with Crippen molar-refractivity contribution in [3.8, 4) is 11.8 Å². The van der Waals surface area contributed by atoms with Crippen LogP contribution in [0.15, 0.2) is 18.2 Å². The maximum absolute atomic E-state index is 5.94. The molecule has 6 heteroatoms. The summed E-state index contributed by atoms with van der Waals surface area (Å²) in [6.07, 6.45) is 1.60. The van der Waals surface area contributed by atoms with E-state index in [1.54, 1.807) is 6.07 Å². The van der Waals surface area contributed by atoms with Gasteiger partial charge in [-0.25, -0.2) is 0 Å². The van der Waals surface area contributed by atoms with Crippen LogP contribution < -0.4 is 15.4 Å². The highest BCUT2D eigenvalue weighted by Crippen LogP contribution is 2.29. The lowest BCUT2D eigenvalue weighted by Crippen LogP contribution is -2.09. The van der Waals surface area contributed by atoms with Gasteiger partial charge in [-0.05, 0) is 25.0 Å². The normalized spacial score (nSPS) is 10.5. The zero-order valence-electron chi connectivity index (χ0n) is 12.9. The van der Waals surface area contributed by atoms with Crippen LogP contribution in [0.2, 0.25) is 0 Å². The molecule has 0 fully saturated rings. The van der Waals surface area contributed by atoms with Gasteiger partial charge in [0, 0.05) is 25.8 Å². The predicted molar refractivity (Wildman–Crippen MR) is 83.8 cm³/mol. The maximum Gasteiger partial charge on any atom is 0.341 e. The Labute approximate surface area is 125 Å². The summed E-state index contributed by atoms with van der Waals surface area (Å²) in [5.74, 6) is 0.536. The number of aromatic nitrogens is 3. The van der Waals surface area contributed by atoms with Crippen LogP contribution in [-0.4, -0.2) is 29.3 Å². The monoisotopic (exact) mass is 287 g/mol. The molecule has 0 aliphatic carbocycles. The Hall–Kier alpha value is -2.37. The SMILES string of the molecule is CCc1nnc(Oc2cc(N(C)C)ccc2N)nc1CC. The minimum atomic E-state index is 0.228. The Morgan fingerprint density at radius 2 is 1.81 bits per heavy atom. The van der Waals surface area contributed by atoms with Crippen LogP contribution in [0, 0.1) is 0 Å². The molecule has 21 heavy (non-hydrogen) atoms. The van der Waals surface area contributed by atoms with E-state index >= 15 is 0 Å². The number of nitrogen functional groups attached to an aromatic ring is 1. The van der Waals surface area contributed by atoms with Crippen molar-refractivity contribution in [1.82, 2.24) is 15.2 Å². The molecule has 6 nitrogen and oxygen atoms in total. The number of nitrogens with zero attached hydrogens (tertiary/aromatic N) is 4. The van der Waals surface area contributed by atoms with E-state index in [1.807, 2.05) is 45.0 Å². The number of anilines is 2. The van der Waals surface area contributed by atoms with Crippen LogP contribution >= 0.6 is 0 Å². The van der Waals surface area contributed by atoms with Gasteiger partial charge < -0.3 is 15.4 Å². The fourth-order valence-electron chi connectivity index (χ4n) is 1.95. The summed E-state index contributed by atoms with van der Waals surface area (Å²) in [5.41, 5.74) is 9.29. The molecule has 0 bridgehead atoms. The van der Waals surface area contributed by atoms with E-state index in [1.165, 1.54) is 0 Å². The number of aryl methyl sites for hydroxylation is 2. The summed E-state index contributed by atoms with van der Waals surface area (Å²) in [4.78, 5) is 6.38. The van der Waals surface area contributed by atoms with Gasteiger partial charge in [0.1, 0.15) is 0 Å². The molecule has 1 aromatic heterocycles. The second-order valence-electron chi connectivity index (χ2n) is 4.91. The molecule has 0 saturated heterocycles. The third-order valence-corrected chi connectivity index (χ3v) is 3.20. The Morgan fingerprint density at radius 1 is 1.10 bits per heavy atom. The molecule has 0 unspecified atom stereocenters. The van der Waals surface area contributed by atoms with Crippen molar-refractivity contribution in [2.75, 3.05) is 24.7 Å². The minimum absolute atomic E-state index is 0.228. The van der Waals surface area contributed by atoms with Crippen molar-refractivity contribution in [3.63, 3.8) is 0 Å². The molecule has 0 spiro atoms. The van der Waals surface area contributed by atoms with Crippen molar-refractivity contribution in [3.05, 3.63) is 29.6 Å². The second-order valence-corrected chi connectivity index (χ2v) is 4.91. The Morgan fingerprint density at radius 3 is 2.43 bits per heavy atom. The molecule has 2 N–H and O–H groups in total. The third-order valence-electron chi connectivity index (χ3n) is 3.20. The van der Waals surface area contributed by atoms with Crippen LogP contribution in [0.25, 0.3) is 0 Å². The minimum Gasteiger partial charge on any atom is -0.421 e. The number of benzene rings is 1. The quantitative estimate of drug-likeness (QED) is 0.851. The van der Waals surface area contributed by atoms with Gasteiger partial charge in [-0.3, -0.25) is 0 Å². The molecule has 0 saturated carbocycles. The first kappa shape index (κ1) is 15.0. The van der Waals surface area contributed by atoms with E-state index in [-0.39, 0.29) is 6.01 Å². The Kier molecular flexibility index (Phi) is 4.57. The van der Waals surface area contributed by atoms with Gasteiger partial charge in [0.15, 0.2) is 5.75 Å². The Bertz CT molecular complexity index is 627. The number of hydrogen-bond donors (Lipinski definition) is 1. The lowest BCUT2D eigenvalue weighted by molar-refractivity contribution is 0.430. The van der Waals surface area contributed by atoms with Gasteiger partial charge in [-0.1, -0.05) is 18.9 Å². The molecule has 112 valence electrons. The second kappa shape index (κ2) is 6.39. The van der Waals surface area contributed by atoms with E-state index < -0.39 is 0 Å². The van der Waals surface area contributed by atoms with Crippen molar-refractivity contribution < 1.29 is 4.74 Å². The zero-order valence-corrected chi connectivity index (χ0v) is 12.9. The number of rotatable bonds is 5. The molecule has 0 aliphatic rings. The zero-order chi connectivity index (χ0) is 15.4. The van der Waals surface area contributed by atoms with Crippen LogP contribution in [0.5, 0.6) is 11.8 Å². The molecule has 0 aliphatic heterocycles. The predicted octanol–water partition coefficient (Wildman–Crippen LogP) is 2.44. The first-order valence-electron chi connectivity index (χ1n) is 7.02. The molecular weight excluding hydrogens is 266 g/mol. The van der Waals surface area contributed by atoms with Crippen molar-refractivity contribution in [1.29, 1.82) is 0 Å². The van der Waals surface area contributed by atoms with Gasteiger partial charge in [0.2, 0.25) is 0 Å². The standard InChI is InChI=1S/C15H21N5O/c1-5-12-13(6-2)18-19-15(17-12)21-14-9-10(20(3)4)7-8-11(14)16/h7-9H,5-6,16H2,1-4H3. The van der Waals surface area contributed by atoms with E-state index in [4.69, 9.17) is 10.5 Å². The van der Waals surface area contributed by atoms with Gasteiger partial charge in [0.05, 0.1) is 17.1 Å². The van der Waals surface area contributed by atoms with Crippen molar-refractivity contribution in [2.24, 2.45) is 0 Å². The molecule has 0 atom stereocenters. The maximum atomic E-state index is 5.94. The van der Waals surface area contributed by atoms with Gasteiger partial charge in [-0.2, -0.15) is 4.98 Å². The average molecular weight is 287 g/mol. The third kappa shape index (κ3) is 3.39. The fourth-order valence-corrected chi connectivity index (χ4v) is 1.95. The van der Waals surface area contributed by atoms with Crippen LogP contribution in [-0.2, 0) is 12.8 Å². The van der Waals surface area contributed by atoms with Gasteiger partial charge in [0.25, 0.3) is 0 Å². The lowest BCUT2D eigenvalue weighted by atomic mass is 10.2. The molecule has 1 heterocycles. The van der Waals surface area contributed by atoms with E-state index in [9.17, 15) is 0 Å². The lowest BCUT2D eigenvalue weighted by Gasteiger charge is -2.15. The molecule has 2 rings (SSSR count). The van der Waals surface area contributed by atoms with Crippen LogP contribution in [0.1, 0.15) is 25.2 Å². The summed E-state index contributed by atoms with van der Waals surface area (Å²) in [6.45, 7) is 4.07. The topological polar surface area (TPSA) is 77.2 Å². The largest absolute Gasteiger partial charge is 0.421 e. The van der Waals surface area contributed by atoms with E-state index in [0.717, 1.165) is 29.9 Å². The molecule has 2 aromatic rings. The summed E-state index contributed by atoms with van der Waals surface area (Å²) < 4.78 is 5.71. The average Bonchev–Trinajstić information content (AvgIpc) is 2.49. The van der Waals surface area contributed by atoms with E-state index in [0.29, 0.717) is 11.4 Å². The number of ether oxygens (including phenoxy) is 1. The summed E-state index contributed by atoms with van der Waals surface area (Å²) in [7, 11) is 3.91. The van der Waals surface area contributed by atoms with E-state index in [2.05, 4.69) is 15.2 Å². The highest BCUT2D eigenvalue weighted by molar-refractivity contribution is 5.62. The first-order chi connectivity index (χ1) is 10.0. The van der Waals surface area contributed by atoms with Gasteiger partial charge >= 0.3 is 6.01 Å². The summed E-state index contributed by atoms with van der Waals surface area (Å²) in [5, 5.41) is 8.18.